The summed E-state index contributed by atoms with van der Waals surface area (Å²) in [5, 5.41) is 3.71. The van der Waals surface area contributed by atoms with Crippen LogP contribution < -0.4 is 10.1 Å². The monoisotopic (exact) mass is 279 g/mol. The summed E-state index contributed by atoms with van der Waals surface area (Å²) in [7, 11) is 0. The van der Waals surface area contributed by atoms with E-state index in [2.05, 4.69) is 44.3 Å². The molecule has 1 aromatic rings. The quantitative estimate of drug-likeness (QED) is 0.886. The molecule has 2 rings (SSSR count). The molecule has 0 saturated carbocycles. The molecule has 1 atom stereocenters. The summed E-state index contributed by atoms with van der Waals surface area (Å²) in [6.07, 6.45) is 1.27. The number of ether oxygens (including phenoxy) is 1. The Hall–Kier alpha value is -0.830. The van der Waals surface area contributed by atoms with Crippen molar-refractivity contribution in [1.29, 1.82) is 0 Å². The van der Waals surface area contributed by atoms with Crippen molar-refractivity contribution in [2.45, 2.75) is 40.2 Å². The molecule has 1 aliphatic heterocycles. The molecule has 1 unspecified atom stereocenters. The van der Waals surface area contributed by atoms with Crippen molar-refractivity contribution in [3.8, 4) is 5.75 Å². The van der Waals surface area contributed by atoms with Crippen LogP contribution in [0.1, 0.15) is 32.8 Å². The first-order valence-corrected chi connectivity index (χ1v) is 8.26. The number of anilines is 1. The Bertz CT molecular complexity index is 431. The molecule has 1 N–H and O–H groups in total. The number of hydrogen-bond donors (Lipinski definition) is 1. The summed E-state index contributed by atoms with van der Waals surface area (Å²) in [4.78, 5) is 0. The van der Waals surface area contributed by atoms with Crippen LogP contribution in [-0.2, 0) is 0 Å². The minimum absolute atomic E-state index is 0.347. The second kappa shape index (κ2) is 6.08. The Morgan fingerprint density at radius 2 is 2.21 bits per heavy atom. The molecule has 19 heavy (non-hydrogen) atoms. The highest BCUT2D eigenvalue weighted by Gasteiger charge is 2.32. The lowest BCUT2D eigenvalue weighted by Gasteiger charge is -2.39. The van der Waals surface area contributed by atoms with Gasteiger partial charge in [-0.3, -0.25) is 0 Å². The Morgan fingerprint density at radius 1 is 1.42 bits per heavy atom. The molecule has 0 spiro atoms. The van der Waals surface area contributed by atoms with Gasteiger partial charge in [0.05, 0.1) is 12.3 Å². The van der Waals surface area contributed by atoms with E-state index in [4.69, 9.17) is 4.74 Å². The van der Waals surface area contributed by atoms with Gasteiger partial charge in [0.15, 0.2) is 0 Å². The minimum Gasteiger partial charge on any atom is -0.492 e. The van der Waals surface area contributed by atoms with Crippen molar-refractivity contribution in [3.05, 3.63) is 23.8 Å². The maximum atomic E-state index is 5.76. The Balaban J connectivity index is 2.17. The van der Waals surface area contributed by atoms with Gasteiger partial charge >= 0.3 is 0 Å². The van der Waals surface area contributed by atoms with Crippen molar-refractivity contribution in [2.75, 3.05) is 23.4 Å². The highest BCUT2D eigenvalue weighted by molar-refractivity contribution is 7.99. The number of rotatable bonds is 4. The molecule has 2 nitrogen and oxygen atoms in total. The summed E-state index contributed by atoms with van der Waals surface area (Å²) in [6.45, 7) is 9.57. The number of aryl methyl sites for hydroxylation is 1. The van der Waals surface area contributed by atoms with E-state index < -0.39 is 0 Å². The topological polar surface area (TPSA) is 21.3 Å². The van der Waals surface area contributed by atoms with Crippen LogP contribution in [0.25, 0.3) is 0 Å². The third-order valence-electron chi connectivity index (χ3n) is 3.89. The molecular weight excluding hydrogens is 254 g/mol. The standard InChI is InChI=1S/C16H25NOS/c1-5-18-14-10-12(2)6-7-13(14)17-15-11-19-9-8-16(15,3)4/h6-7,10,15,17H,5,8-9,11H2,1-4H3. The number of nitrogens with one attached hydrogen (secondary N) is 1. The van der Waals surface area contributed by atoms with Gasteiger partial charge in [-0.05, 0) is 49.1 Å². The molecule has 3 heteroatoms. The van der Waals surface area contributed by atoms with Gasteiger partial charge < -0.3 is 10.1 Å². The zero-order valence-electron chi connectivity index (χ0n) is 12.5. The first kappa shape index (κ1) is 14.6. The van der Waals surface area contributed by atoms with Crippen LogP contribution in [0.15, 0.2) is 18.2 Å². The molecule has 106 valence electrons. The maximum absolute atomic E-state index is 5.76. The van der Waals surface area contributed by atoms with Crippen LogP contribution in [0.4, 0.5) is 5.69 Å². The van der Waals surface area contributed by atoms with Gasteiger partial charge in [-0.15, -0.1) is 0 Å². The van der Waals surface area contributed by atoms with Crippen molar-refractivity contribution in [3.63, 3.8) is 0 Å². The van der Waals surface area contributed by atoms with Gasteiger partial charge in [-0.1, -0.05) is 19.9 Å². The van der Waals surface area contributed by atoms with Crippen LogP contribution in [0.3, 0.4) is 0 Å². The fourth-order valence-corrected chi connectivity index (χ4v) is 3.99. The van der Waals surface area contributed by atoms with Crippen molar-refractivity contribution >= 4 is 17.4 Å². The SMILES string of the molecule is CCOc1cc(C)ccc1NC1CSCCC1(C)C. The van der Waals surface area contributed by atoms with Gasteiger partial charge in [-0.25, -0.2) is 0 Å². The first-order chi connectivity index (χ1) is 9.03. The lowest BCUT2D eigenvalue weighted by atomic mass is 9.82. The fraction of sp³-hybridized carbons (Fsp3) is 0.625. The second-order valence-corrected chi connectivity index (χ2v) is 7.09. The Kier molecular flexibility index (Phi) is 4.67. The first-order valence-electron chi connectivity index (χ1n) is 7.10. The number of hydrogen-bond acceptors (Lipinski definition) is 3. The van der Waals surface area contributed by atoms with Crippen LogP contribution in [0, 0.1) is 12.3 Å². The predicted octanol–water partition coefficient (Wildman–Crippen LogP) is 4.34. The van der Waals surface area contributed by atoms with Crippen molar-refractivity contribution in [1.82, 2.24) is 0 Å². The highest BCUT2D eigenvalue weighted by Crippen LogP contribution is 2.37. The predicted molar refractivity (Wildman–Crippen MR) is 85.5 cm³/mol. The van der Waals surface area contributed by atoms with E-state index in [1.54, 1.807) is 0 Å². The zero-order valence-corrected chi connectivity index (χ0v) is 13.3. The highest BCUT2D eigenvalue weighted by atomic mass is 32.2. The van der Waals surface area contributed by atoms with Crippen LogP contribution in [-0.4, -0.2) is 24.2 Å². The molecule has 1 aromatic carbocycles. The smallest absolute Gasteiger partial charge is 0.142 e. The zero-order chi connectivity index (χ0) is 13.9. The fourth-order valence-electron chi connectivity index (χ4n) is 2.38. The molecule has 0 aromatic heterocycles. The normalized spacial score (nSPS) is 22.0. The van der Waals surface area contributed by atoms with Gasteiger partial charge in [0.1, 0.15) is 5.75 Å². The van der Waals surface area contributed by atoms with Crippen LogP contribution in [0.2, 0.25) is 0 Å². The average molecular weight is 279 g/mol. The minimum atomic E-state index is 0.347. The van der Waals surface area contributed by atoms with Gasteiger partial charge in [-0.2, -0.15) is 11.8 Å². The number of benzene rings is 1. The van der Waals surface area contributed by atoms with E-state index in [9.17, 15) is 0 Å². The Morgan fingerprint density at radius 3 is 2.89 bits per heavy atom. The molecule has 0 aliphatic carbocycles. The molecule has 0 radical (unpaired) electrons. The van der Waals surface area contributed by atoms with Gasteiger partial charge in [0.2, 0.25) is 0 Å². The van der Waals surface area contributed by atoms with E-state index in [0.29, 0.717) is 18.1 Å². The lowest BCUT2D eigenvalue weighted by molar-refractivity contribution is 0.302. The second-order valence-electron chi connectivity index (χ2n) is 5.94. The average Bonchev–Trinajstić information content (AvgIpc) is 2.35. The third-order valence-corrected chi connectivity index (χ3v) is 4.95. The maximum Gasteiger partial charge on any atom is 0.142 e. The Labute approximate surface area is 121 Å². The van der Waals surface area contributed by atoms with E-state index in [0.717, 1.165) is 11.4 Å². The summed E-state index contributed by atoms with van der Waals surface area (Å²) >= 11 is 2.04. The van der Waals surface area contributed by atoms with Crippen molar-refractivity contribution in [2.24, 2.45) is 5.41 Å². The molecule has 1 aliphatic rings. The molecule has 1 heterocycles. The van der Waals surface area contributed by atoms with E-state index in [1.807, 2.05) is 18.7 Å². The van der Waals surface area contributed by atoms with E-state index >= 15 is 0 Å². The third kappa shape index (κ3) is 3.59. The van der Waals surface area contributed by atoms with E-state index in [-0.39, 0.29) is 0 Å². The summed E-state index contributed by atoms with van der Waals surface area (Å²) in [5.41, 5.74) is 2.72. The summed E-state index contributed by atoms with van der Waals surface area (Å²) in [6, 6.07) is 6.92. The number of thioether (sulfide) groups is 1. The molecule has 0 bridgehead atoms. The molecule has 1 fully saturated rings. The van der Waals surface area contributed by atoms with Crippen LogP contribution >= 0.6 is 11.8 Å². The lowest BCUT2D eigenvalue weighted by Crippen LogP contribution is -2.41. The van der Waals surface area contributed by atoms with Gasteiger partial charge in [0.25, 0.3) is 0 Å². The molecular formula is C16H25NOS. The van der Waals surface area contributed by atoms with Gasteiger partial charge in [0, 0.05) is 11.8 Å². The summed E-state index contributed by atoms with van der Waals surface area (Å²) in [5.74, 6) is 3.43. The van der Waals surface area contributed by atoms with Crippen LogP contribution in [0.5, 0.6) is 5.75 Å². The molecule has 1 saturated heterocycles. The van der Waals surface area contributed by atoms with E-state index in [1.165, 1.54) is 23.5 Å². The van der Waals surface area contributed by atoms with Crippen molar-refractivity contribution < 1.29 is 4.74 Å². The summed E-state index contributed by atoms with van der Waals surface area (Å²) < 4.78 is 5.76. The molecule has 0 amide bonds. The largest absolute Gasteiger partial charge is 0.492 e.